The molecule has 0 saturated heterocycles. The molecule has 104 valence electrons. The molecule has 2 aromatic rings. The number of amides is 1. The smallest absolute Gasteiger partial charge is 0.234 e. The topological polar surface area (TPSA) is 55.1 Å². The molecule has 0 heterocycles. The highest BCUT2D eigenvalue weighted by molar-refractivity contribution is 9.10. The second kappa shape index (κ2) is 6.81. The van der Waals surface area contributed by atoms with Crippen molar-refractivity contribution in [2.75, 3.05) is 16.8 Å². The van der Waals surface area contributed by atoms with Gasteiger partial charge >= 0.3 is 0 Å². The van der Waals surface area contributed by atoms with Gasteiger partial charge in [0.25, 0.3) is 0 Å². The van der Waals surface area contributed by atoms with E-state index in [1.165, 1.54) is 11.8 Å². The first-order valence-electron chi connectivity index (χ1n) is 6.09. The van der Waals surface area contributed by atoms with E-state index in [4.69, 9.17) is 5.73 Å². The Morgan fingerprint density at radius 2 is 2.05 bits per heavy atom. The molecule has 0 unspecified atom stereocenters. The van der Waals surface area contributed by atoms with Gasteiger partial charge in [-0.25, -0.2) is 0 Å². The van der Waals surface area contributed by atoms with Crippen LogP contribution in [0.25, 0.3) is 0 Å². The number of anilines is 2. The van der Waals surface area contributed by atoms with Gasteiger partial charge in [0, 0.05) is 20.7 Å². The molecule has 20 heavy (non-hydrogen) atoms. The first-order chi connectivity index (χ1) is 9.56. The number of halogens is 1. The monoisotopic (exact) mass is 350 g/mol. The number of carbonyl (C=O) groups is 1. The Kier molecular flexibility index (Phi) is 5.09. The zero-order valence-corrected chi connectivity index (χ0v) is 13.4. The Balaban J connectivity index is 1.94. The van der Waals surface area contributed by atoms with Crippen molar-refractivity contribution in [1.29, 1.82) is 0 Å². The van der Waals surface area contributed by atoms with Crippen LogP contribution in [0.2, 0.25) is 0 Å². The highest BCUT2D eigenvalue weighted by Crippen LogP contribution is 2.27. The summed E-state index contributed by atoms with van der Waals surface area (Å²) in [6, 6.07) is 13.3. The molecule has 0 aliphatic rings. The average molecular weight is 351 g/mol. The highest BCUT2D eigenvalue weighted by Gasteiger charge is 2.07. The van der Waals surface area contributed by atoms with E-state index in [1.807, 2.05) is 49.4 Å². The number of nitrogen functional groups attached to an aromatic ring is 1. The van der Waals surface area contributed by atoms with E-state index in [0.29, 0.717) is 5.75 Å². The van der Waals surface area contributed by atoms with E-state index in [0.717, 1.165) is 26.3 Å². The van der Waals surface area contributed by atoms with Gasteiger partial charge in [-0.05, 0) is 36.8 Å². The van der Waals surface area contributed by atoms with E-state index in [9.17, 15) is 4.79 Å². The first-order valence-corrected chi connectivity index (χ1v) is 7.87. The normalized spacial score (nSPS) is 10.3. The number of para-hydroxylation sites is 1. The maximum absolute atomic E-state index is 11.9. The minimum absolute atomic E-state index is 0.0472. The highest BCUT2D eigenvalue weighted by atomic mass is 79.9. The second-order valence-corrected chi connectivity index (χ2v) is 6.27. The van der Waals surface area contributed by atoms with Crippen molar-refractivity contribution in [1.82, 2.24) is 0 Å². The van der Waals surface area contributed by atoms with Gasteiger partial charge in [0.2, 0.25) is 5.91 Å². The maximum Gasteiger partial charge on any atom is 0.234 e. The first kappa shape index (κ1) is 14.9. The maximum atomic E-state index is 11.9. The molecule has 0 saturated carbocycles. The number of carbonyl (C=O) groups excluding carboxylic acids is 1. The molecule has 0 radical (unpaired) electrons. The summed E-state index contributed by atoms with van der Waals surface area (Å²) in [6.07, 6.45) is 0. The van der Waals surface area contributed by atoms with Crippen molar-refractivity contribution in [3.63, 3.8) is 0 Å². The third-order valence-electron chi connectivity index (χ3n) is 2.75. The van der Waals surface area contributed by atoms with Crippen molar-refractivity contribution in [2.45, 2.75) is 11.8 Å². The lowest BCUT2D eigenvalue weighted by Crippen LogP contribution is -2.14. The van der Waals surface area contributed by atoms with Crippen molar-refractivity contribution in [3.8, 4) is 0 Å². The van der Waals surface area contributed by atoms with Crippen molar-refractivity contribution in [2.24, 2.45) is 0 Å². The number of nitrogens with two attached hydrogens (primary N) is 1. The molecule has 3 nitrogen and oxygen atoms in total. The van der Waals surface area contributed by atoms with E-state index in [2.05, 4.69) is 21.2 Å². The van der Waals surface area contributed by atoms with Crippen LogP contribution >= 0.6 is 27.7 Å². The Bertz CT molecular complexity index is 631. The fraction of sp³-hybridized carbons (Fsp3) is 0.133. The molecule has 5 heteroatoms. The predicted molar refractivity (Wildman–Crippen MR) is 89.1 cm³/mol. The van der Waals surface area contributed by atoms with Gasteiger partial charge in [0.1, 0.15) is 0 Å². The standard InChI is InChI=1S/C15H15BrN2OS/c1-10-4-2-7-13(15(10)17)20-9-14(19)18-12-6-3-5-11(16)8-12/h2-8H,9,17H2,1H3,(H,18,19). The largest absolute Gasteiger partial charge is 0.398 e. The van der Waals surface area contributed by atoms with Crippen LogP contribution in [0.5, 0.6) is 0 Å². The molecule has 2 rings (SSSR count). The molecule has 0 aliphatic carbocycles. The van der Waals surface area contributed by atoms with Gasteiger partial charge in [0.05, 0.1) is 5.75 Å². The molecule has 0 aromatic heterocycles. The van der Waals surface area contributed by atoms with E-state index in [-0.39, 0.29) is 5.91 Å². The van der Waals surface area contributed by atoms with Crippen LogP contribution in [-0.2, 0) is 4.79 Å². The SMILES string of the molecule is Cc1cccc(SCC(=O)Nc2cccc(Br)c2)c1N. The third kappa shape index (κ3) is 4.02. The van der Waals surface area contributed by atoms with Gasteiger partial charge in [0.15, 0.2) is 0 Å². The Labute approximate surface area is 131 Å². The number of nitrogens with one attached hydrogen (secondary N) is 1. The summed E-state index contributed by atoms with van der Waals surface area (Å²) in [7, 11) is 0. The summed E-state index contributed by atoms with van der Waals surface area (Å²) in [5.74, 6) is 0.286. The number of aryl methyl sites for hydroxylation is 1. The van der Waals surface area contributed by atoms with Crippen LogP contribution < -0.4 is 11.1 Å². The quantitative estimate of drug-likeness (QED) is 0.645. The van der Waals surface area contributed by atoms with E-state index >= 15 is 0 Å². The molecule has 1 amide bonds. The van der Waals surface area contributed by atoms with Crippen LogP contribution in [0.3, 0.4) is 0 Å². The zero-order chi connectivity index (χ0) is 14.5. The third-order valence-corrected chi connectivity index (χ3v) is 4.32. The summed E-state index contributed by atoms with van der Waals surface area (Å²) in [4.78, 5) is 12.8. The Morgan fingerprint density at radius 1 is 1.30 bits per heavy atom. The Hall–Kier alpha value is -1.46. The van der Waals surface area contributed by atoms with Crippen LogP contribution in [0.4, 0.5) is 11.4 Å². The minimum Gasteiger partial charge on any atom is -0.398 e. The van der Waals surface area contributed by atoms with Crippen molar-refractivity contribution < 1.29 is 4.79 Å². The minimum atomic E-state index is -0.0472. The molecule has 2 aromatic carbocycles. The molecular formula is C15H15BrN2OS. The molecular weight excluding hydrogens is 336 g/mol. The molecule has 3 N–H and O–H groups in total. The fourth-order valence-corrected chi connectivity index (χ4v) is 2.94. The van der Waals surface area contributed by atoms with E-state index < -0.39 is 0 Å². The summed E-state index contributed by atoms with van der Waals surface area (Å²) < 4.78 is 0.936. The van der Waals surface area contributed by atoms with Crippen LogP contribution in [0, 0.1) is 6.92 Å². The van der Waals surface area contributed by atoms with Gasteiger partial charge in [-0.15, -0.1) is 11.8 Å². The lowest BCUT2D eigenvalue weighted by Gasteiger charge is -2.08. The van der Waals surface area contributed by atoms with Gasteiger partial charge < -0.3 is 11.1 Å². The number of rotatable bonds is 4. The molecule has 0 aliphatic heterocycles. The lowest BCUT2D eigenvalue weighted by molar-refractivity contribution is -0.113. The van der Waals surface area contributed by atoms with E-state index in [1.54, 1.807) is 0 Å². The van der Waals surface area contributed by atoms with Crippen LogP contribution in [0.15, 0.2) is 51.8 Å². The molecule has 0 atom stereocenters. The summed E-state index contributed by atoms with van der Waals surface area (Å²) in [5, 5.41) is 2.86. The molecule has 0 fully saturated rings. The van der Waals surface area contributed by atoms with Crippen LogP contribution in [0.1, 0.15) is 5.56 Å². The van der Waals surface area contributed by atoms with Crippen LogP contribution in [-0.4, -0.2) is 11.7 Å². The molecule has 0 bridgehead atoms. The second-order valence-electron chi connectivity index (χ2n) is 4.33. The molecule has 0 spiro atoms. The summed E-state index contributed by atoms with van der Waals surface area (Å²) >= 11 is 4.82. The summed E-state index contributed by atoms with van der Waals surface area (Å²) in [6.45, 7) is 1.96. The van der Waals surface area contributed by atoms with Crippen molar-refractivity contribution >= 4 is 45.0 Å². The number of hydrogen-bond donors (Lipinski definition) is 2. The summed E-state index contributed by atoms with van der Waals surface area (Å²) in [5.41, 5.74) is 8.54. The zero-order valence-electron chi connectivity index (χ0n) is 11.0. The Morgan fingerprint density at radius 3 is 2.80 bits per heavy atom. The van der Waals surface area contributed by atoms with Gasteiger partial charge in [-0.3, -0.25) is 4.79 Å². The predicted octanol–water partition coefficient (Wildman–Crippen LogP) is 4.07. The number of hydrogen-bond acceptors (Lipinski definition) is 3. The average Bonchev–Trinajstić information content (AvgIpc) is 2.40. The fourth-order valence-electron chi connectivity index (χ4n) is 1.69. The lowest BCUT2D eigenvalue weighted by atomic mass is 10.2. The van der Waals surface area contributed by atoms with Gasteiger partial charge in [-0.1, -0.05) is 34.1 Å². The van der Waals surface area contributed by atoms with Gasteiger partial charge in [-0.2, -0.15) is 0 Å². The number of benzene rings is 2. The van der Waals surface area contributed by atoms with Crippen molar-refractivity contribution in [3.05, 3.63) is 52.5 Å². The number of thioether (sulfide) groups is 1.